The minimum atomic E-state index is 0.693. The van der Waals surface area contributed by atoms with Gasteiger partial charge in [-0.05, 0) is 25.8 Å². The number of hydrogen-bond acceptors (Lipinski definition) is 4. The summed E-state index contributed by atoms with van der Waals surface area (Å²) in [4.78, 5) is 0. The van der Waals surface area contributed by atoms with Gasteiger partial charge in [-0.1, -0.05) is 13.0 Å². The number of hydrazine groups is 1. The molecule has 0 aliphatic carbocycles. The fourth-order valence-electron chi connectivity index (χ4n) is 2.46. The van der Waals surface area contributed by atoms with Crippen LogP contribution in [0.1, 0.15) is 26.2 Å². The molecular formula is C13H25N5. The molecule has 1 N–H and O–H groups in total. The van der Waals surface area contributed by atoms with Crippen LogP contribution in [0.5, 0.6) is 0 Å². The molecule has 0 bridgehead atoms. The van der Waals surface area contributed by atoms with Gasteiger partial charge >= 0.3 is 0 Å². The maximum Gasteiger partial charge on any atom is 0.126 e. The van der Waals surface area contributed by atoms with Gasteiger partial charge in [0.2, 0.25) is 0 Å². The lowest BCUT2D eigenvalue weighted by molar-refractivity contribution is 0.0413. The highest BCUT2D eigenvalue weighted by atomic mass is 15.6. The molecule has 5 heteroatoms. The quantitative estimate of drug-likeness (QED) is 0.585. The smallest absolute Gasteiger partial charge is 0.126 e. The van der Waals surface area contributed by atoms with Gasteiger partial charge < -0.3 is 5.32 Å². The van der Waals surface area contributed by atoms with Gasteiger partial charge in [-0.2, -0.15) is 5.10 Å². The lowest BCUT2D eigenvalue weighted by Gasteiger charge is -2.37. The fourth-order valence-corrected chi connectivity index (χ4v) is 2.46. The van der Waals surface area contributed by atoms with Crippen LogP contribution >= 0.6 is 0 Å². The Bertz CT molecular complexity index is 294. The summed E-state index contributed by atoms with van der Waals surface area (Å²) in [6, 6.07) is 0.693. The predicted octanol–water partition coefficient (Wildman–Crippen LogP) is 1.07. The van der Waals surface area contributed by atoms with E-state index >= 15 is 0 Å². The van der Waals surface area contributed by atoms with Gasteiger partial charge in [-0.3, -0.25) is 10.0 Å². The van der Waals surface area contributed by atoms with Crippen molar-refractivity contribution in [3.05, 3.63) is 12.3 Å². The van der Waals surface area contributed by atoms with E-state index in [1.54, 1.807) is 0 Å². The maximum absolute atomic E-state index is 4.44. The van der Waals surface area contributed by atoms with Crippen molar-refractivity contribution < 1.29 is 0 Å². The van der Waals surface area contributed by atoms with E-state index in [4.69, 9.17) is 0 Å². The number of nitrogens with zero attached hydrogens (tertiary/aromatic N) is 4. The molecule has 0 amide bonds. The molecule has 1 fully saturated rings. The molecule has 0 aromatic rings. The third-order valence-electron chi connectivity index (χ3n) is 3.58. The van der Waals surface area contributed by atoms with E-state index in [0.717, 1.165) is 32.6 Å². The van der Waals surface area contributed by atoms with Crippen LogP contribution in [-0.2, 0) is 0 Å². The lowest BCUT2D eigenvalue weighted by atomic mass is 10.1. The third kappa shape index (κ3) is 3.71. The molecule has 2 aliphatic rings. The van der Waals surface area contributed by atoms with Crippen LogP contribution in [0.4, 0.5) is 0 Å². The Morgan fingerprint density at radius 2 is 2.17 bits per heavy atom. The zero-order valence-electron chi connectivity index (χ0n) is 11.5. The normalized spacial score (nSPS) is 22.2. The molecule has 0 atom stereocenters. The zero-order chi connectivity index (χ0) is 12.8. The lowest BCUT2D eigenvalue weighted by Crippen LogP contribution is -2.48. The van der Waals surface area contributed by atoms with Gasteiger partial charge in [-0.25, -0.2) is 5.01 Å². The van der Waals surface area contributed by atoms with Crippen molar-refractivity contribution in [3.63, 3.8) is 0 Å². The van der Waals surface area contributed by atoms with Crippen molar-refractivity contribution in [3.8, 4) is 0 Å². The average molecular weight is 251 g/mol. The third-order valence-corrected chi connectivity index (χ3v) is 3.58. The van der Waals surface area contributed by atoms with Gasteiger partial charge in [-0.15, -0.1) is 0 Å². The molecule has 1 saturated heterocycles. The molecule has 0 unspecified atom stereocenters. The van der Waals surface area contributed by atoms with Gasteiger partial charge in [0.1, 0.15) is 6.34 Å². The molecule has 18 heavy (non-hydrogen) atoms. The Morgan fingerprint density at radius 1 is 1.39 bits per heavy atom. The standard InChI is InChI=1S/C13H25N5/c1-3-14-13-6-10-18(11-7-13)16(2)12-15-17-8-4-5-9-17/h4,8,12-14H,3,5-7,9-11H2,1-2H3/b15-12-. The van der Waals surface area contributed by atoms with Gasteiger partial charge in [0.05, 0.1) is 0 Å². The second-order valence-corrected chi connectivity index (χ2v) is 4.93. The van der Waals surface area contributed by atoms with Gasteiger partial charge in [0.15, 0.2) is 0 Å². The van der Waals surface area contributed by atoms with Crippen molar-refractivity contribution in [1.29, 1.82) is 0 Å². The zero-order valence-corrected chi connectivity index (χ0v) is 11.5. The first kappa shape index (κ1) is 13.4. The van der Waals surface area contributed by atoms with Crippen molar-refractivity contribution in [1.82, 2.24) is 20.3 Å². The Hall–Kier alpha value is -1.07. The molecule has 0 radical (unpaired) electrons. The van der Waals surface area contributed by atoms with E-state index in [9.17, 15) is 0 Å². The molecule has 0 aromatic heterocycles. The highest BCUT2D eigenvalue weighted by Gasteiger charge is 2.19. The molecule has 0 saturated carbocycles. The Labute approximate surface area is 110 Å². The van der Waals surface area contributed by atoms with E-state index in [1.165, 1.54) is 12.8 Å². The summed E-state index contributed by atoms with van der Waals surface area (Å²) < 4.78 is 0. The number of hydrogen-bond donors (Lipinski definition) is 1. The topological polar surface area (TPSA) is 34.1 Å². The number of hydrazone groups is 1. The van der Waals surface area contributed by atoms with Crippen LogP contribution in [0.15, 0.2) is 17.4 Å². The first-order valence-electron chi connectivity index (χ1n) is 6.98. The molecule has 2 aliphatic heterocycles. The number of piperidine rings is 1. The van der Waals surface area contributed by atoms with Crippen LogP contribution < -0.4 is 5.32 Å². The molecule has 2 rings (SSSR count). The summed E-state index contributed by atoms with van der Waals surface area (Å²) in [7, 11) is 2.08. The van der Waals surface area contributed by atoms with E-state index in [-0.39, 0.29) is 0 Å². The number of rotatable bonds is 5. The summed E-state index contributed by atoms with van der Waals surface area (Å²) in [6.07, 6.45) is 9.66. The van der Waals surface area contributed by atoms with E-state index in [1.807, 2.05) is 17.5 Å². The van der Waals surface area contributed by atoms with Gasteiger partial charge in [0.25, 0.3) is 0 Å². The highest BCUT2D eigenvalue weighted by molar-refractivity contribution is 5.53. The van der Waals surface area contributed by atoms with Crippen molar-refractivity contribution in [2.24, 2.45) is 5.10 Å². The van der Waals surface area contributed by atoms with Crippen LogP contribution in [0.25, 0.3) is 0 Å². The number of nitrogens with one attached hydrogen (secondary N) is 1. The molecule has 5 nitrogen and oxygen atoms in total. The first-order chi connectivity index (χ1) is 8.79. The summed E-state index contributed by atoms with van der Waals surface area (Å²) in [6.45, 7) is 6.47. The SMILES string of the molecule is CCNC1CCN(N(C)/C=N\N2C=CCC2)CC1. The molecular weight excluding hydrogens is 226 g/mol. The van der Waals surface area contributed by atoms with Crippen LogP contribution in [0, 0.1) is 0 Å². The molecule has 2 heterocycles. The average Bonchev–Trinajstić information content (AvgIpc) is 2.90. The maximum atomic E-state index is 4.44. The predicted molar refractivity (Wildman–Crippen MR) is 75.0 cm³/mol. The largest absolute Gasteiger partial charge is 0.314 e. The Morgan fingerprint density at radius 3 is 2.78 bits per heavy atom. The van der Waals surface area contributed by atoms with Crippen molar-refractivity contribution in [2.75, 3.05) is 33.2 Å². The second-order valence-electron chi connectivity index (χ2n) is 4.93. The van der Waals surface area contributed by atoms with Crippen LogP contribution in [-0.4, -0.2) is 60.6 Å². The van der Waals surface area contributed by atoms with Crippen LogP contribution in [0.3, 0.4) is 0 Å². The Balaban J connectivity index is 1.73. The fraction of sp³-hybridized carbons (Fsp3) is 0.769. The van der Waals surface area contributed by atoms with E-state index in [2.05, 4.69) is 40.5 Å². The highest BCUT2D eigenvalue weighted by Crippen LogP contribution is 2.11. The van der Waals surface area contributed by atoms with Gasteiger partial charge in [0, 0.05) is 38.9 Å². The van der Waals surface area contributed by atoms with Crippen molar-refractivity contribution >= 4 is 6.34 Å². The monoisotopic (exact) mass is 251 g/mol. The summed E-state index contributed by atoms with van der Waals surface area (Å²) in [5.41, 5.74) is 0. The summed E-state index contributed by atoms with van der Waals surface area (Å²) in [5.74, 6) is 0. The second kappa shape index (κ2) is 6.75. The van der Waals surface area contributed by atoms with Crippen molar-refractivity contribution in [2.45, 2.75) is 32.2 Å². The minimum absolute atomic E-state index is 0.693. The molecule has 0 aromatic carbocycles. The van der Waals surface area contributed by atoms with E-state index in [0.29, 0.717) is 6.04 Å². The summed E-state index contributed by atoms with van der Waals surface area (Å²) >= 11 is 0. The molecule has 102 valence electrons. The Kier molecular flexibility index (Phi) is 5.01. The minimum Gasteiger partial charge on any atom is -0.314 e. The van der Waals surface area contributed by atoms with Crippen LogP contribution in [0.2, 0.25) is 0 Å². The first-order valence-corrected chi connectivity index (χ1v) is 6.98. The molecule has 0 spiro atoms. The summed E-state index contributed by atoms with van der Waals surface area (Å²) in [5, 5.41) is 14.4. The van der Waals surface area contributed by atoms with E-state index < -0.39 is 0 Å².